The Bertz CT molecular complexity index is 2320. The lowest BCUT2D eigenvalue weighted by Gasteiger charge is -2.36. The number of anilines is 2. The van der Waals surface area contributed by atoms with Crippen LogP contribution in [0.5, 0.6) is 5.88 Å². The average molecular weight is 727 g/mol. The van der Waals surface area contributed by atoms with Gasteiger partial charge in [0.25, 0.3) is 12.0 Å². The van der Waals surface area contributed by atoms with Crippen molar-refractivity contribution >= 4 is 39.9 Å². The van der Waals surface area contributed by atoms with Crippen molar-refractivity contribution in [2.24, 2.45) is 7.05 Å². The second kappa shape index (κ2) is 13.1. The molecule has 5 heterocycles. The van der Waals surface area contributed by atoms with E-state index in [0.717, 1.165) is 76.8 Å². The fourth-order valence-electron chi connectivity index (χ4n) is 8.09. The molecule has 1 aliphatic carbocycles. The number of benzene rings is 2. The van der Waals surface area contributed by atoms with E-state index in [1.54, 1.807) is 13.2 Å². The molecule has 52 heavy (non-hydrogen) atoms. The molecule has 268 valence electrons. The first-order valence-electron chi connectivity index (χ1n) is 17.2. The number of alkyl halides is 2. The van der Waals surface area contributed by atoms with E-state index in [0.29, 0.717) is 28.8 Å². The van der Waals surface area contributed by atoms with Gasteiger partial charge in [-0.3, -0.25) is 9.69 Å². The van der Waals surface area contributed by atoms with Crippen LogP contribution in [-0.4, -0.2) is 63.0 Å². The van der Waals surface area contributed by atoms with Crippen molar-refractivity contribution in [2.45, 2.75) is 50.6 Å². The van der Waals surface area contributed by atoms with Crippen LogP contribution >= 0.6 is 11.6 Å². The summed E-state index contributed by atoms with van der Waals surface area (Å²) < 4.78 is 34.7. The summed E-state index contributed by atoms with van der Waals surface area (Å²) in [7, 11) is 3.14. The number of likely N-dealkylation sites (tertiary alicyclic amines) is 1. The zero-order valence-electron chi connectivity index (χ0n) is 28.9. The lowest BCUT2D eigenvalue weighted by atomic mass is 9.93. The molecule has 3 N–H and O–H groups in total. The van der Waals surface area contributed by atoms with Gasteiger partial charge in [-0.25, -0.2) is 28.2 Å². The topological polar surface area (TPSA) is 126 Å². The second-order valence-electron chi connectivity index (χ2n) is 13.8. The van der Waals surface area contributed by atoms with Gasteiger partial charge < -0.3 is 20.7 Å². The van der Waals surface area contributed by atoms with Gasteiger partial charge in [0.05, 0.1) is 34.9 Å². The van der Waals surface area contributed by atoms with E-state index >= 15 is 0 Å². The first-order chi connectivity index (χ1) is 25.1. The molecular weight excluding hydrogens is 690 g/mol. The summed E-state index contributed by atoms with van der Waals surface area (Å²) in [4.78, 5) is 36.8. The van der Waals surface area contributed by atoms with Gasteiger partial charge in [0, 0.05) is 60.5 Å². The molecule has 2 atom stereocenters. The summed E-state index contributed by atoms with van der Waals surface area (Å²) in [6.07, 6.45) is 2.14. The number of fused-ring (bicyclic) bond motifs is 2. The lowest BCUT2D eigenvalue weighted by molar-refractivity contribution is 0.146. The number of ether oxygens (including phenoxy) is 1. The highest BCUT2D eigenvalue weighted by Gasteiger charge is 2.45. The quantitative estimate of drug-likeness (QED) is 0.167. The molecule has 2 saturated heterocycles. The van der Waals surface area contributed by atoms with Crippen LogP contribution in [0.3, 0.4) is 0 Å². The molecule has 8 rings (SSSR count). The number of amides is 2. The highest BCUT2D eigenvalue weighted by molar-refractivity contribution is 6.36. The molecule has 2 amide bonds. The van der Waals surface area contributed by atoms with E-state index in [9.17, 15) is 18.4 Å². The normalized spacial score (nSPS) is 20.0. The molecule has 2 unspecified atom stereocenters. The van der Waals surface area contributed by atoms with Crippen LogP contribution in [0.25, 0.3) is 33.2 Å². The van der Waals surface area contributed by atoms with E-state index in [1.807, 2.05) is 37.3 Å². The van der Waals surface area contributed by atoms with Gasteiger partial charge in [-0.05, 0) is 67.5 Å². The van der Waals surface area contributed by atoms with E-state index in [-0.39, 0.29) is 34.2 Å². The van der Waals surface area contributed by atoms with Gasteiger partial charge in [0.2, 0.25) is 5.88 Å². The summed E-state index contributed by atoms with van der Waals surface area (Å²) in [6.45, 7) is 4.24. The molecule has 5 aromatic rings. The number of nitrogens with one attached hydrogen (secondary N) is 3. The maximum Gasteiger partial charge on any atom is 0.315 e. The number of hydrogen-bond donors (Lipinski definition) is 3. The van der Waals surface area contributed by atoms with Crippen LogP contribution < -0.4 is 26.2 Å². The fourth-order valence-corrected chi connectivity index (χ4v) is 8.41. The Morgan fingerprint density at radius 1 is 1.08 bits per heavy atom. The predicted octanol–water partition coefficient (Wildman–Crippen LogP) is 6.84. The number of urea groups is 1. The zero-order chi connectivity index (χ0) is 36.3. The van der Waals surface area contributed by atoms with Crippen LogP contribution in [0.4, 0.5) is 25.1 Å². The largest absolute Gasteiger partial charge is 0.481 e. The number of nitrogens with zero attached hydrogens (tertiary/aromatic N) is 5. The molecule has 2 aliphatic heterocycles. The fraction of sp³-hybridized carbons (Fsp3) is 0.342. The maximum absolute atomic E-state index is 13.8. The highest BCUT2D eigenvalue weighted by atomic mass is 35.5. The first kappa shape index (κ1) is 34.0. The third-order valence-corrected chi connectivity index (χ3v) is 11.1. The minimum absolute atomic E-state index is 0.0215. The van der Waals surface area contributed by atoms with Crippen LogP contribution in [-0.2, 0) is 13.5 Å². The summed E-state index contributed by atoms with van der Waals surface area (Å²) in [5.41, 5.74) is 5.49. The van der Waals surface area contributed by atoms with Crippen LogP contribution in [0.2, 0.25) is 5.02 Å². The van der Waals surface area contributed by atoms with Gasteiger partial charge >= 0.3 is 6.03 Å². The number of carbonyl (C=O) groups is 1. The molecule has 0 bridgehead atoms. The Kier molecular flexibility index (Phi) is 8.57. The molecule has 14 heteroatoms. The van der Waals surface area contributed by atoms with Gasteiger partial charge in [0.1, 0.15) is 11.5 Å². The Labute approximate surface area is 303 Å². The summed E-state index contributed by atoms with van der Waals surface area (Å²) in [6, 6.07) is 14.7. The Morgan fingerprint density at radius 2 is 1.87 bits per heavy atom. The number of halogens is 3. The van der Waals surface area contributed by atoms with Crippen molar-refractivity contribution in [1.29, 1.82) is 0 Å². The van der Waals surface area contributed by atoms with E-state index in [1.165, 1.54) is 19.3 Å². The molecule has 2 fully saturated rings. The smallest absolute Gasteiger partial charge is 0.315 e. The SMILES string of the molecule is COc1nc(-c2cccc(-c3cccc(Nc4nc(C(F)F)cc5cnn(C)c(=O)c45)c3C)c2Cl)cc2c1C(N1CCC3(CCNC(=O)N3)C1)CC2. The van der Waals surface area contributed by atoms with E-state index < -0.39 is 17.7 Å². The minimum atomic E-state index is -2.84. The third-order valence-electron chi connectivity index (χ3n) is 10.7. The Hall–Kier alpha value is -5.14. The molecule has 11 nitrogen and oxygen atoms in total. The molecular formula is C38H37ClF2N8O3. The number of aromatic nitrogens is 4. The molecule has 1 spiro atoms. The van der Waals surface area contributed by atoms with Crippen LogP contribution in [0, 0.1) is 6.92 Å². The summed E-state index contributed by atoms with van der Waals surface area (Å²) >= 11 is 7.21. The molecule has 2 aromatic carbocycles. The number of pyridine rings is 2. The van der Waals surface area contributed by atoms with Crippen molar-refractivity contribution in [3.8, 4) is 28.3 Å². The zero-order valence-corrected chi connectivity index (χ0v) is 29.7. The van der Waals surface area contributed by atoms with Gasteiger partial charge in [-0.2, -0.15) is 5.10 Å². The number of methoxy groups -OCH3 is 1. The molecule has 0 saturated carbocycles. The molecule has 0 radical (unpaired) electrons. The van der Waals surface area contributed by atoms with Gasteiger partial charge in [-0.15, -0.1) is 0 Å². The number of hydrogen-bond acceptors (Lipinski definition) is 8. The third kappa shape index (κ3) is 5.81. The lowest BCUT2D eigenvalue weighted by Crippen LogP contribution is -2.59. The van der Waals surface area contributed by atoms with Gasteiger partial charge in [-0.1, -0.05) is 41.9 Å². The van der Waals surface area contributed by atoms with Crippen molar-refractivity contribution in [2.75, 3.05) is 32.1 Å². The molecule has 3 aliphatic rings. The van der Waals surface area contributed by atoms with Crippen molar-refractivity contribution in [1.82, 2.24) is 35.3 Å². The summed E-state index contributed by atoms with van der Waals surface area (Å²) in [5.74, 6) is 0.592. The van der Waals surface area contributed by atoms with E-state index in [2.05, 4.69) is 37.0 Å². The first-order valence-corrected chi connectivity index (χ1v) is 17.6. The van der Waals surface area contributed by atoms with E-state index in [4.69, 9.17) is 21.3 Å². The maximum atomic E-state index is 13.8. The van der Waals surface area contributed by atoms with Gasteiger partial charge in [0.15, 0.2) is 0 Å². The van der Waals surface area contributed by atoms with Crippen molar-refractivity contribution in [3.63, 3.8) is 0 Å². The van der Waals surface area contributed by atoms with Crippen molar-refractivity contribution in [3.05, 3.63) is 92.5 Å². The number of carbonyl (C=O) groups excluding carboxylic acids is 1. The molecule has 3 aromatic heterocycles. The van der Waals surface area contributed by atoms with Crippen LogP contribution in [0.1, 0.15) is 54.1 Å². The van der Waals surface area contributed by atoms with Crippen LogP contribution in [0.15, 0.2) is 59.5 Å². The average Bonchev–Trinajstić information content (AvgIpc) is 3.74. The minimum Gasteiger partial charge on any atom is -0.481 e. The number of aryl methyl sites for hydroxylation is 2. The number of rotatable bonds is 7. The summed E-state index contributed by atoms with van der Waals surface area (Å²) in [5, 5.41) is 14.1. The predicted molar refractivity (Wildman–Crippen MR) is 196 cm³/mol. The second-order valence-corrected chi connectivity index (χ2v) is 14.2. The standard InChI is InChI=1S/C38H37ClF2N8O3/c1-20-23(6-5-9-26(20)44-34-31-22(17-28(45-34)33(40)41)18-43-48(2)36(31)50)24-7-4-8-25(32(24)39)27-16-21-10-11-29(30(21)35(46-27)52-3)49-15-13-38(19-49)12-14-42-37(51)47-38/h4-9,16-18,29,33H,10-15,19H2,1-3H3,(H,44,45)(H2,42,47,51). The van der Waals surface area contributed by atoms with Crippen molar-refractivity contribution < 1.29 is 18.3 Å². The Balaban J connectivity index is 1.13. The Morgan fingerprint density at radius 3 is 2.65 bits per heavy atom. The monoisotopic (exact) mass is 726 g/mol. The highest BCUT2D eigenvalue weighted by Crippen LogP contribution is 2.46.